The topological polar surface area (TPSA) is 40.5 Å². The number of aliphatic hydroxyl groups excluding tert-OH is 1. The number of rotatable bonds is 3. The van der Waals surface area contributed by atoms with Crippen molar-refractivity contribution in [2.24, 2.45) is 0 Å². The summed E-state index contributed by atoms with van der Waals surface area (Å²) in [7, 11) is 0. The molecule has 2 fully saturated rings. The molecule has 1 aromatic carbocycles. The van der Waals surface area contributed by atoms with Crippen molar-refractivity contribution in [3.63, 3.8) is 0 Å². The summed E-state index contributed by atoms with van der Waals surface area (Å²) >= 11 is 0. The second kappa shape index (κ2) is 6.32. The molecule has 0 saturated carbocycles. The molecular formula is C17H21F2NO2. The van der Waals surface area contributed by atoms with Gasteiger partial charge in [-0.2, -0.15) is 0 Å². The Bertz CT molecular complexity index is 550. The number of hydrogen-bond acceptors (Lipinski definition) is 2. The smallest absolute Gasteiger partial charge is 0.223 e. The van der Waals surface area contributed by atoms with E-state index in [0.717, 1.165) is 25.3 Å². The summed E-state index contributed by atoms with van der Waals surface area (Å²) in [5, 5.41) is 9.86. The molecule has 0 aromatic heterocycles. The van der Waals surface area contributed by atoms with Crippen LogP contribution >= 0.6 is 0 Å². The van der Waals surface area contributed by atoms with Crippen LogP contribution in [0.4, 0.5) is 8.78 Å². The van der Waals surface area contributed by atoms with Crippen LogP contribution in [0.15, 0.2) is 18.2 Å². The molecular weight excluding hydrogens is 288 g/mol. The molecule has 5 heteroatoms. The van der Waals surface area contributed by atoms with Crippen molar-refractivity contribution in [1.82, 2.24) is 4.90 Å². The number of nitrogens with zero attached hydrogens (tertiary/aromatic N) is 1. The van der Waals surface area contributed by atoms with Gasteiger partial charge in [0.05, 0.1) is 6.10 Å². The lowest BCUT2D eigenvalue weighted by atomic mass is 9.82. The molecule has 1 N–H and O–H groups in total. The third-order valence-electron chi connectivity index (χ3n) is 4.86. The van der Waals surface area contributed by atoms with Gasteiger partial charge in [-0.25, -0.2) is 8.78 Å². The first-order valence-corrected chi connectivity index (χ1v) is 7.97. The van der Waals surface area contributed by atoms with Gasteiger partial charge in [-0.15, -0.1) is 0 Å². The third kappa shape index (κ3) is 3.14. The first kappa shape index (κ1) is 15.4. The van der Waals surface area contributed by atoms with Crippen molar-refractivity contribution in [1.29, 1.82) is 0 Å². The Morgan fingerprint density at radius 3 is 2.55 bits per heavy atom. The average molecular weight is 309 g/mol. The lowest BCUT2D eigenvalue weighted by Gasteiger charge is -2.48. The van der Waals surface area contributed by atoms with Crippen molar-refractivity contribution in [3.05, 3.63) is 35.4 Å². The SMILES string of the molecule is O=C(CCc1ccc(F)cc1F)N1[C@@H]2CCC[C@H]1CC(O)C2. The van der Waals surface area contributed by atoms with E-state index in [0.29, 0.717) is 18.4 Å². The van der Waals surface area contributed by atoms with Crippen molar-refractivity contribution < 1.29 is 18.7 Å². The number of carbonyl (C=O) groups excluding carboxylic acids is 1. The van der Waals surface area contributed by atoms with Gasteiger partial charge in [0.15, 0.2) is 0 Å². The second-order valence-corrected chi connectivity index (χ2v) is 6.40. The maximum atomic E-state index is 13.6. The van der Waals surface area contributed by atoms with E-state index in [1.54, 1.807) is 0 Å². The minimum absolute atomic E-state index is 0.0188. The highest BCUT2D eigenvalue weighted by atomic mass is 19.1. The predicted octanol–water partition coefficient (Wildman–Crippen LogP) is 2.80. The first-order valence-electron chi connectivity index (χ1n) is 7.97. The summed E-state index contributed by atoms with van der Waals surface area (Å²) in [6, 6.07) is 3.71. The standard InChI is InChI=1S/C17H21F2NO2/c18-12-6-4-11(16(19)8-12)5-7-17(22)20-13-2-1-3-14(20)10-15(21)9-13/h4,6,8,13-15,21H,1-3,5,7,9-10H2/t13-,14+,15?. The number of halogens is 2. The van der Waals surface area contributed by atoms with Crippen LogP contribution < -0.4 is 0 Å². The molecule has 2 bridgehead atoms. The van der Waals surface area contributed by atoms with E-state index in [2.05, 4.69) is 0 Å². The van der Waals surface area contributed by atoms with E-state index in [9.17, 15) is 18.7 Å². The monoisotopic (exact) mass is 309 g/mol. The maximum Gasteiger partial charge on any atom is 0.223 e. The Morgan fingerprint density at radius 1 is 1.23 bits per heavy atom. The summed E-state index contributed by atoms with van der Waals surface area (Å²) in [4.78, 5) is 14.4. The molecule has 1 aromatic rings. The van der Waals surface area contributed by atoms with E-state index >= 15 is 0 Å². The zero-order valence-corrected chi connectivity index (χ0v) is 12.5. The van der Waals surface area contributed by atoms with Crippen LogP contribution in [0.5, 0.6) is 0 Å². The number of amides is 1. The first-order chi connectivity index (χ1) is 10.5. The van der Waals surface area contributed by atoms with Gasteiger partial charge < -0.3 is 10.0 Å². The number of piperidine rings is 2. The number of fused-ring (bicyclic) bond motifs is 2. The van der Waals surface area contributed by atoms with Gasteiger partial charge in [0.25, 0.3) is 0 Å². The number of benzene rings is 1. The van der Waals surface area contributed by atoms with E-state index in [-0.39, 0.29) is 36.9 Å². The number of carbonyl (C=O) groups is 1. The number of hydrogen-bond donors (Lipinski definition) is 1. The van der Waals surface area contributed by atoms with Crippen molar-refractivity contribution >= 4 is 5.91 Å². The Morgan fingerprint density at radius 2 is 1.91 bits per heavy atom. The third-order valence-corrected chi connectivity index (χ3v) is 4.86. The average Bonchev–Trinajstić information content (AvgIpc) is 2.45. The molecule has 1 unspecified atom stereocenters. The quantitative estimate of drug-likeness (QED) is 0.933. The normalized spacial score (nSPS) is 27.8. The van der Waals surface area contributed by atoms with Gasteiger partial charge in [0.2, 0.25) is 5.91 Å². The number of aliphatic hydroxyl groups is 1. The lowest BCUT2D eigenvalue weighted by Crippen LogP contribution is -2.55. The van der Waals surface area contributed by atoms with Crippen LogP contribution in [0.3, 0.4) is 0 Å². The fraction of sp³-hybridized carbons (Fsp3) is 0.588. The van der Waals surface area contributed by atoms with E-state index in [1.807, 2.05) is 4.90 Å². The highest BCUT2D eigenvalue weighted by molar-refractivity contribution is 5.77. The van der Waals surface area contributed by atoms with Crippen molar-refractivity contribution in [3.8, 4) is 0 Å². The molecule has 3 rings (SSSR count). The molecule has 3 atom stereocenters. The molecule has 22 heavy (non-hydrogen) atoms. The fourth-order valence-electron chi connectivity index (χ4n) is 3.85. The summed E-state index contributed by atoms with van der Waals surface area (Å²) in [6.45, 7) is 0. The molecule has 2 aliphatic rings. The predicted molar refractivity (Wildman–Crippen MR) is 78.2 cm³/mol. The van der Waals surface area contributed by atoms with Gasteiger partial charge in [0.1, 0.15) is 11.6 Å². The van der Waals surface area contributed by atoms with Gasteiger partial charge in [-0.1, -0.05) is 6.07 Å². The zero-order valence-electron chi connectivity index (χ0n) is 12.5. The van der Waals surface area contributed by atoms with Crippen LogP contribution in [0, 0.1) is 11.6 Å². The molecule has 1 amide bonds. The highest BCUT2D eigenvalue weighted by Gasteiger charge is 2.39. The van der Waals surface area contributed by atoms with Gasteiger partial charge in [-0.05, 0) is 50.2 Å². The van der Waals surface area contributed by atoms with E-state index in [4.69, 9.17) is 0 Å². The molecule has 120 valence electrons. The Hall–Kier alpha value is -1.49. The summed E-state index contributed by atoms with van der Waals surface area (Å²) < 4.78 is 26.5. The van der Waals surface area contributed by atoms with Gasteiger partial charge in [0, 0.05) is 24.6 Å². The van der Waals surface area contributed by atoms with Gasteiger partial charge >= 0.3 is 0 Å². The molecule has 2 saturated heterocycles. The van der Waals surface area contributed by atoms with Crippen LogP contribution in [0.1, 0.15) is 44.1 Å². The van der Waals surface area contributed by atoms with Crippen LogP contribution in [-0.2, 0) is 11.2 Å². The van der Waals surface area contributed by atoms with Gasteiger partial charge in [-0.3, -0.25) is 4.79 Å². The van der Waals surface area contributed by atoms with Crippen LogP contribution in [0.25, 0.3) is 0 Å². The molecule has 0 aliphatic carbocycles. The highest BCUT2D eigenvalue weighted by Crippen LogP contribution is 2.34. The Labute approximate surface area is 128 Å². The van der Waals surface area contributed by atoms with Crippen molar-refractivity contribution in [2.75, 3.05) is 0 Å². The van der Waals surface area contributed by atoms with Crippen LogP contribution in [0.2, 0.25) is 0 Å². The molecule has 3 nitrogen and oxygen atoms in total. The summed E-state index contributed by atoms with van der Waals surface area (Å²) in [5.41, 5.74) is 0.372. The lowest BCUT2D eigenvalue weighted by molar-refractivity contribution is -0.143. The van der Waals surface area contributed by atoms with Crippen LogP contribution in [-0.4, -0.2) is 34.1 Å². The Kier molecular flexibility index (Phi) is 4.43. The zero-order chi connectivity index (χ0) is 15.7. The largest absolute Gasteiger partial charge is 0.393 e. The molecule has 0 spiro atoms. The Balaban J connectivity index is 1.64. The van der Waals surface area contributed by atoms with Crippen molar-refractivity contribution in [2.45, 2.75) is 63.1 Å². The molecule has 2 aliphatic heterocycles. The fourth-order valence-corrected chi connectivity index (χ4v) is 3.85. The van der Waals surface area contributed by atoms with E-state index in [1.165, 1.54) is 12.1 Å². The maximum absolute atomic E-state index is 13.6. The summed E-state index contributed by atoms with van der Waals surface area (Å²) in [5.74, 6) is -1.18. The second-order valence-electron chi connectivity index (χ2n) is 6.40. The summed E-state index contributed by atoms with van der Waals surface area (Å²) in [6.07, 6.45) is 4.45. The number of aryl methyl sites for hydroxylation is 1. The minimum atomic E-state index is -0.605. The minimum Gasteiger partial charge on any atom is -0.393 e. The molecule has 0 radical (unpaired) electrons. The van der Waals surface area contributed by atoms with E-state index < -0.39 is 11.6 Å². The molecule has 2 heterocycles.